The second kappa shape index (κ2) is 13.9. The van der Waals surface area contributed by atoms with E-state index in [9.17, 15) is 9.59 Å². The van der Waals surface area contributed by atoms with Crippen molar-refractivity contribution in [1.29, 1.82) is 0 Å². The molecule has 8 bridgehead atoms. The first-order valence-electron chi connectivity index (χ1n) is 16.4. The number of H-pyrrole nitrogens is 2. The summed E-state index contributed by atoms with van der Waals surface area (Å²) in [7, 11) is 2.85. The highest BCUT2D eigenvalue weighted by Crippen LogP contribution is 2.37. The Labute approximate surface area is 271 Å². The van der Waals surface area contributed by atoms with E-state index in [0.29, 0.717) is 38.5 Å². The van der Waals surface area contributed by atoms with Crippen LogP contribution in [0.4, 0.5) is 0 Å². The fourth-order valence-corrected chi connectivity index (χ4v) is 6.78. The molecule has 0 amide bonds. The zero-order valence-electron chi connectivity index (χ0n) is 28.5. The molecule has 0 spiro atoms. The van der Waals surface area contributed by atoms with E-state index in [-0.39, 0.29) is 11.9 Å². The molecule has 0 fully saturated rings. The Hall–Kier alpha value is -4.46. The average Bonchev–Trinajstić information content (AvgIpc) is 3.70. The summed E-state index contributed by atoms with van der Waals surface area (Å²) in [5.41, 5.74) is 17.2. The lowest BCUT2D eigenvalue weighted by Gasteiger charge is -2.05. The summed E-state index contributed by atoms with van der Waals surface area (Å²) >= 11 is 0. The smallest absolute Gasteiger partial charge is 0.305 e. The first-order valence-corrected chi connectivity index (χ1v) is 16.4. The van der Waals surface area contributed by atoms with E-state index in [1.807, 2.05) is 0 Å². The summed E-state index contributed by atoms with van der Waals surface area (Å²) in [6.45, 7) is 12.9. The number of carbonyl (C=O) groups excluding carboxylic acids is 2. The first kappa shape index (κ1) is 32.9. The molecular weight excluding hydrogens is 576 g/mol. The lowest BCUT2D eigenvalue weighted by atomic mass is 9.99. The molecule has 0 unspecified atom stereocenters. The molecule has 3 aromatic rings. The maximum Gasteiger partial charge on any atom is 0.305 e. The normalized spacial score (nSPS) is 13.0. The van der Waals surface area contributed by atoms with Crippen molar-refractivity contribution < 1.29 is 19.1 Å². The fourth-order valence-electron chi connectivity index (χ4n) is 6.78. The van der Waals surface area contributed by atoms with Gasteiger partial charge in [0.05, 0.1) is 37.0 Å². The zero-order valence-corrected chi connectivity index (χ0v) is 28.5. The van der Waals surface area contributed by atoms with E-state index >= 15 is 0 Å². The third-order valence-corrected chi connectivity index (χ3v) is 9.58. The minimum absolute atomic E-state index is 0.209. The van der Waals surface area contributed by atoms with Crippen molar-refractivity contribution >= 4 is 56.3 Å². The number of hydrogen-bond acceptors (Lipinski definition) is 6. The van der Waals surface area contributed by atoms with Crippen LogP contribution in [0.25, 0.3) is 44.4 Å². The Bertz CT molecular complexity index is 1920. The second-order valence-electron chi connectivity index (χ2n) is 12.2. The molecule has 0 saturated carbocycles. The average molecular weight is 623 g/mol. The maximum atomic E-state index is 12.0. The van der Waals surface area contributed by atoms with Crippen LogP contribution in [-0.4, -0.2) is 46.1 Å². The molecule has 5 rings (SSSR count). The minimum atomic E-state index is -0.211. The maximum absolute atomic E-state index is 12.0. The number of fused-ring (bicyclic) bond motifs is 8. The van der Waals surface area contributed by atoms with Crippen molar-refractivity contribution in [2.24, 2.45) is 0 Å². The van der Waals surface area contributed by atoms with Gasteiger partial charge in [0.1, 0.15) is 0 Å². The van der Waals surface area contributed by atoms with Gasteiger partial charge in [0.2, 0.25) is 0 Å². The highest BCUT2D eigenvalue weighted by atomic mass is 16.5. The Kier molecular flexibility index (Phi) is 9.94. The number of methoxy groups -OCH3 is 2. The Morgan fingerprint density at radius 2 is 1.07 bits per heavy atom. The summed E-state index contributed by atoms with van der Waals surface area (Å²) in [4.78, 5) is 41.7. The van der Waals surface area contributed by atoms with Crippen molar-refractivity contribution in [3.63, 3.8) is 0 Å². The molecule has 2 aliphatic heterocycles. The summed E-state index contributed by atoms with van der Waals surface area (Å²) in [5, 5.41) is 0. The van der Waals surface area contributed by atoms with Crippen LogP contribution in [0, 0.1) is 13.8 Å². The topological polar surface area (TPSA) is 110 Å². The van der Waals surface area contributed by atoms with Crippen LogP contribution in [0.5, 0.6) is 0 Å². The molecule has 0 saturated heterocycles. The lowest BCUT2D eigenvalue weighted by Crippen LogP contribution is -2.00. The van der Waals surface area contributed by atoms with Gasteiger partial charge in [-0.15, -0.1) is 0 Å². The van der Waals surface area contributed by atoms with E-state index in [1.54, 1.807) is 0 Å². The largest absolute Gasteiger partial charge is 0.469 e. The van der Waals surface area contributed by atoms with Gasteiger partial charge in [0, 0.05) is 34.9 Å². The van der Waals surface area contributed by atoms with Crippen LogP contribution in [-0.2, 0) is 31.9 Å². The van der Waals surface area contributed by atoms with Crippen molar-refractivity contribution in [3.8, 4) is 0 Å². The van der Waals surface area contributed by atoms with Crippen LogP contribution in [0.2, 0.25) is 0 Å². The van der Waals surface area contributed by atoms with Gasteiger partial charge in [-0.1, -0.05) is 13.8 Å². The number of esters is 2. The number of nitrogens with zero attached hydrogens (tertiary/aromatic N) is 2. The number of rotatable bonds is 10. The summed E-state index contributed by atoms with van der Waals surface area (Å²) < 4.78 is 9.82. The molecule has 2 aliphatic rings. The van der Waals surface area contributed by atoms with Crippen LogP contribution in [0.3, 0.4) is 0 Å². The predicted molar refractivity (Wildman–Crippen MR) is 186 cm³/mol. The van der Waals surface area contributed by atoms with Crippen molar-refractivity contribution in [2.45, 2.75) is 92.9 Å². The Balaban J connectivity index is 1.83. The quantitative estimate of drug-likeness (QED) is 0.219. The number of allylic oxidation sites excluding steroid dienone is 4. The highest BCUT2D eigenvalue weighted by Gasteiger charge is 2.21. The number of carbonyl (C=O) groups is 2. The van der Waals surface area contributed by atoms with Gasteiger partial charge in [0.25, 0.3) is 0 Å². The molecule has 8 nitrogen and oxygen atoms in total. The number of nitrogens with one attached hydrogen (secondary N) is 2. The van der Waals surface area contributed by atoms with Crippen LogP contribution >= 0.6 is 0 Å². The molecule has 242 valence electrons. The Morgan fingerprint density at radius 3 is 1.63 bits per heavy atom. The second-order valence-corrected chi connectivity index (χ2v) is 12.2. The first-order chi connectivity index (χ1) is 22.1. The molecule has 2 N–H and O–H groups in total. The number of ether oxygens (including phenoxy) is 2. The van der Waals surface area contributed by atoms with Crippen LogP contribution in [0.15, 0.2) is 24.3 Å². The minimum Gasteiger partial charge on any atom is -0.469 e. The van der Waals surface area contributed by atoms with Crippen LogP contribution in [0.1, 0.15) is 111 Å². The zero-order chi connectivity index (χ0) is 33.1. The van der Waals surface area contributed by atoms with Gasteiger partial charge in [-0.2, -0.15) is 0 Å². The molecule has 0 aromatic carbocycles. The third kappa shape index (κ3) is 6.43. The van der Waals surface area contributed by atoms with E-state index < -0.39 is 0 Å². The van der Waals surface area contributed by atoms with Crippen LogP contribution < -0.4 is 0 Å². The fraction of sp³-hybridized carbons (Fsp3) is 0.421. The summed E-state index contributed by atoms with van der Waals surface area (Å²) in [5.74, 6) is -0.420. The standard InChI is InChI=1S/C38H46N4O4/c1-9-25-21(3)29-17-30-23(5)27(13-11-15-37(43)45-7)35(41-30)20-36-28(14-12-16-38(44)46-8)24(6)32(42-36)19-34-26(10-2)22(4)31(40-34)18-33(25)39-29/h17-20,40-41H,9-16H2,1-8H3. The van der Waals surface area contributed by atoms with Gasteiger partial charge in [-0.05, 0) is 135 Å². The molecule has 5 heterocycles. The monoisotopic (exact) mass is 622 g/mol. The number of aromatic amines is 2. The molecule has 46 heavy (non-hydrogen) atoms. The summed E-state index contributed by atoms with van der Waals surface area (Å²) in [6, 6.07) is 8.64. The third-order valence-electron chi connectivity index (χ3n) is 9.58. The van der Waals surface area contributed by atoms with Crippen molar-refractivity contribution in [2.75, 3.05) is 14.2 Å². The van der Waals surface area contributed by atoms with Gasteiger partial charge < -0.3 is 19.4 Å². The number of aryl methyl sites for hydroxylation is 4. The molecule has 0 atom stereocenters. The van der Waals surface area contributed by atoms with E-state index in [4.69, 9.17) is 19.4 Å². The summed E-state index contributed by atoms with van der Waals surface area (Å²) in [6.07, 6.45) is 5.23. The predicted octanol–water partition coefficient (Wildman–Crippen LogP) is 8.60. The number of hydrogen-bond donors (Lipinski definition) is 2. The SMILES string of the molecule is CCC1=C(C)c2cc3[nH]c(cc4nc(cc5[nH]c(cc1n2)c(C)c5CC)C(C)=C4CCCC(=O)OC)c(CCCC(=O)OC)c3C. The molecule has 0 radical (unpaired) electrons. The number of aromatic nitrogens is 4. The molecular formula is C38H46N4O4. The van der Waals surface area contributed by atoms with E-state index in [1.165, 1.54) is 36.5 Å². The Morgan fingerprint density at radius 1 is 0.609 bits per heavy atom. The van der Waals surface area contributed by atoms with Gasteiger partial charge in [-0.25, -0.2) is 9.97 Å². The molecule has 8 heteroatoms. The van der Waals surface area contributed by atoms with Crippen molar-refractivity contribution in [3.05, 3.63) is 69.3 Å². The van der Waals surface area contributed by atoms with Gasteiger partial charge in [-0.3, -0.25) is 9.59 Å². The molecule has 0 aliphatic carbocycles. The lowest BCUT2D eigenvalue weighted by molar-refractivity contribution is -0.141. The van der Waals surface area contributed by atoms with Gasteiger partial charge in [0.15, 0.2) is 0 Å². The van der Waals surface area contributed by atoms with Crippen molar-refractivity contribution in [1.82, 2.24) is 19.9 Å². The highest BCUT2D eigenvalue weighted by molar-refractivity contribution is 5.95. The van der Waals surface area contributed by atoms with Gasteiger partial charge >= 0.3 is 11.9 Å². The van der Waals surface area contributed by atoms with E-state index in [0.717, 1.165) is 80.0 Å². The molecule has 3 aromatic heterocycles. The van der Waals surface area contributed by atoms with E-state index in [2.05, 4.69) is 75.8 Å².